The van der Waals surface area contributed by atoms with Gasteiger partial charge in [0.15, 0.2) is 24.2 Å². The van der Waals surface area contributed by atoms with Gasteiger partial charge in [-0.25, -0.2) is 18.9 Å². The Hall–Kier alpha value is -3.35. The fourth-order valence-corrected chi connectivity index (χ4v) is 7.83. The monoisotopic (exact) mass is 799 g/mol. The molecular weight excluding hydrogens is 738 g/mol. The van der Waals surface area contributed by atoms with Crippen LogP contribution in [0.25, 0.3) is 33.5 Å². The third kappa shape index (κ3) is 13.2. The van der Waals surface area contributed by atoms with Gasteiger partial charge in [0.1, 0.15) is 19.2 Å². The molecule has 15 heteroatoms. The van der Waals surface area contributed by atoms with Gasteiger partial charge in [0.2, 0.25) is 0 Å². The molecule has 0 aliphatic heterocycles. The van der Waals surface area contributed by atoms with Crippen LogP contribution in [0.2, 0.25) is 77.1 Å². The van der Waals surface area contributed by atoms with E-state index in [1.807, 2.05) is 33.6 Å². The van der Waals surface area contributed by atoms with Gasteiger partial charge in [0, 0.05) is 55.6 Å². The van der Waals surface area contributed by atoms with Gasteiger partial charge in [-0.1, -0.05) is 71.9 Å². The minimum atomic E-state index is -1.31. The zero-order chi connectivity index (χ0) is 39.7. The summed E-state index contributed by atoms with van der Waals surface area (Å²) in [5, 5.41) is 8.66. The molecule has 0 saturated heterocycles. The van der Waals surface area contributed by atoms with Gasteiger partial charge >= 0.3 is 6.09 Å². The molecule has 0 bridgehead atoms. The van der Waals surface area contributed by atoms with Crippen LogP contribution in [0.3, 0.4) is 0 Å². The summed E-state index contributed by atoms with van der Waals surface area (Å²) in [6, 6.07) is 12.5. The average molecular weight is 800 g/mol. The number of fused-ring (bicyclic) bond motifs is 1. The molecule has 0 aliphatic carbocycles. The van der Waals surface area contributed by atoms with E-state index in [0.29, 0.717) is 43.5 Å². The van der Waals surface area contributed by atoms with Crippen molar-refractivity contribution in [1.82, 2.24) is 24.6 Å². The Bertz CT molecular complexity index is 1850. The highest BCUT2D eigenvalue weighted by Gasteiger charge is 2.22. The number of halogens is 1. The van der Waals surface area contributed by atoms with E-state index >= 15 is 4.39 Å². The van der Waals surface area contributed by atoms with E-state index in [0.717, 1.165) is 45.7 Å². The first kappa shape index (κ1) is 43.4. The van der Waals surface area contributed by atoms with Crippen LogP contribution in [-0.2, 0) is 45.4 Å². The van der Waals surface area contributed by atoms with Crippen LogP contribution < -0.4 is 10.1 Å². The van der Waals surface area contributed by atoms with E-state index < -0.39 is 36.1 Å². The third-order valence-electron chi connectivity index (χ3n) is 8.97. The lowest BCUT2D eigenvalue weighted by atomic mass is 9.96. The first-order valence-corrected chi connectivity index (χ1v) is 30.1. The van der Waals surface area contributed by atoms with E-state index in [9.17, 15) is 4.79 Å². The van der Waals surface area contributed by atoms with Gasteiger partial charge in [0.25, 0.3) is 0 Å². The molecule has 2 aromatic carbocycles. The molecule has 298 valence electrons. The Balaban J connectivity index is 1.72. The smallest absolute Gasteiger partial charge is 0.407 e. The number of methoxy groups -OCH3 is 1. The zero-order valence-corrected chi connectivity index (χ0v) is 37.4. The van der Waals surface area contributed by atoms with Crippen LogP contribution in [-0.4, -0.2) is 83.4 Å². The Morgan fingerprint density at radius 2 is 1.48 bits per heavy atom. The van der Waals surface area contributed by atoms with Crippen LogP contribution in [0.15, 0.2) is 36.5 Å². The molecule has 4 aromatic rings. The number of rotatable bonds is 21. The largest absolute Gasteiger partial charge is 0.464 e. The Morgan fingerprint density at radius 3 is 2.09 bits per heavy atom. The number of hydrogen-bond acceptors (Lipinski definition) is 8. The number of carbonyl (C=O) groups excluding carboxylic acids is 1. The molecule has 2 heterocycles. The maximum atomic E-state index is 15.6. The summed E-state index contributed by atoms with van der Waals surface area (Å²) >= 11 is 0. The van der Waals surface area contributed by atoms with Crippen molar-refractivity contribution >= 4 is 41.2 Å². The van der Waals surface area contributed by atoms with Gasteiger partial charge in [0.05, 0.1) is 24.9 Å². The van der Waals surface area contributed by atoms with E-state index in [1.165, 1.54) is 7.11 Å². The lowest BCUT2D eigenvalue weighted by Gasteiger charge is -2.16. The summed E-state index contributed by atoms with van der Waals surface area (Å²) < 4.78 is 48.0. The summed E-state index contributed by atoms with van der Waals surface area (Å²) in [4.78, 5) is 16.8. The Labute approximate surface area is 323 Å². The Morgan fingerprint density at radius 1 is 0.852 bits per heavy atom. The van der Waals surface area contributed by atoms with Gasteiger partial charge in [-0.2, -0.15) is 5.10 Å². The van der Waals surface area contributed by atoms with Crippen molar-refractivity contribution in [3.05, 3.63) is 53.6 Å². The van der Waals surface area contributed by atoms with Crippen LogP contribution in [0.5, 0.6) is 5.75 Å². The number of imidazole rings is 1. The minimum Gasteiger partial charge on any atom is -0.464 e. The normalized spacial score (nSPS) is 12.4. The predicted octanol–water partition coefficient (Wildman–Crippen LogP) is 9.44. The topological polar surface area (TPSA) is 111 Å². The quantitative estimate of drug-likeness (QED) is 0.0505. The molecule has 1 N–H and O–H groups in total. The van der Waals surface area contributed by atoms with Gasteiger partial charge in [-0.15, -0.1) is 0 Å². The second-order valence-corrected chi connectivity index (χ2v) is 34.3. The van der Waals surface area contributed by atoms with Crippen molar-refractivity contribution in [2.24, 2.45) is 0 Å². The number of amides is 1. The lowest BCUT2D eigenvalue weighted by Crippen LogP contribution is -2.22. The molecule has 1 amide bonds. The summed E-state index contributed by atoms with van der Waals surface area (Å²) in [5.41, 5.74) is 4.72. The zero-order valence-electron chi connectivity index (χ0n) is 34.4. The minimum absolute atomic E-state index is 0.00904. The molecule has 54 heavy (non-hydrogen) atoms. The molecule has 0 spiro atoms. The molecule has 4 rings (SSSR count). The fourth-order valence-electron chi connectivity index (χ4n) is 5.56. The average Bonchev–Trinajstić information content (AvgIpc) is 3.66. The maximum absolute atomic E-state index is 15.6. The second kappa shape index (κ2) is 19.0. The summed E-state index contributed by atoms with van der Waals surface area (Å²) in [6.45, 7) is 25.4. The van der Waals surface area contributed by atoms with E-state index in [4.69, 9.17) is 33.8 Å². The lowest BCUT2D eigenvalue weighted by molar-refractivity contribution is 0.0197. The summed E-state index contributed by atoms with van der Waals surface area (Å²) in [7, 11) is -2.51. The maximum Gasteiger partial charge on any atom is 0.407 e. The van der Waals surface area contributed by atoms with Crippen molar-refractivity contribution in [2.45, 2.75) is 110 Å². The first-order chi connectivity index (χ1) is 25.4. The number of aromatic nitrogens is 4. The molecule has 0 radical (unpaired) electrons. The van der Waals surface area contributed by atoms with Gasteiger partial charge in [-0.05, 0) is 65.5 Å². The molecular formula is C39H62FN5O6Si3. The fraction of sp³-hybridized carbons (Fsp3) is 0.564. The second-order valence-electron chi connectivity index (χ2n) is 17.4. The van der Waals surface area contributed by atoms with Gasteiger partial charge < -0.3 is 33.6 Å². The van der Waals surface area contributed by atoms with Crippen molar-refractivity contribution in [3.8, 4) is 28.4 Å². The number of nitrogens with one attached hydrogen (secondary N) is 1. The molecule has 0 fully saturated rings. The molecule has 11 nitrogen and oxygen atoms in total. The van der Waals surface area contributed by atoms with Crippen LogP contribution in [0, 0.1) is 5.82 Å². The van der Waals surface area contributed by atoms with E-state index in [-0.39, 0.29) is 32.5 Å². The number of benzene rings is 2. The van der Waals surface area contributed by atoms with Crippen molar-refractivity contribution in [1.29, 1.82) is 0 Å². The standard InChI is InChI=1S/C39H62FN5O6Si3/c1-12-29-22-36(51-28-50-17-20-54(9,10)11)34(40)23-33(29)30-13-14-32-35(21-30)45(27-49-16-19-53(6,7)8)43-37(32)38-42-31(24-41-39(46)47-2)25-44(38)26-48-15-18-52(3,4)5/h13-14,21-23,25H,12,15-20,24,26-28H2,1-11H3,(H,41,46). The molecule has 2 aromatic heterocycles. The van der Waals surface area contributed by atoms with Crippen molar-refractivity contribution < 1.29 is 32.9 Å². The number of ether oxygens (including phenoxy) is 5. The van der Waals surface area contributed by atoms with Crippen molar-refractivity contribution in [3.63, 3.8) is 0 Å². The first-order valence-electron chi connectivity index (χ1n) is 18.9. The van der Waals surface area contributed by atoms with Gasteiger partial charge in [-0.3, -0.25) is 0 Å². The summed E-state index contributed by atoms with van der Waals surface area (Å²) in [6.07, 6.45) is 2.02. The highest BCUT2D eigenvalue weighted by Crippen LogP contribution is 2.35. The highest BCUT2D eigenvalue weighted by atomic mass is 28.3. The van der Waals surface area contributed by atoms with E-state index in [1.54, 1.807) is 12.1 Å². The van der Waals surface area contributed by atoms with Crippen LogP contribution in [0.4, 0.5) is 9.18 Å². The number of hydrogen-bond donors (Lipinski definition) is 1. The molecule has 0 saturated carbocycles. The Kier molecular flexibility index (Phi) is 15.3. The van der Waals surface area contributed by atoms with E-state index in [2.05, 4.69) is 71.2 Å². The molecule has 0 unspecified atom stereocenters. The molecule has 0 aliphatic rings. The predicted molar refractivity (Wildman–Crippen MR) is 223 cm³/mol. The number of carbonyl (C=O) groups is 1. The number of aryl methyl sites for hydroxylation is 1. The van der Waals surface area contributed by atoms with Crippen molar-refractivity contribution in [2.75, 3.05) is 33.7 Å². The SMILES string of the molecule is CCc1cc(OCOCC[Si](C)(C)C)c(F)cc1-c1ccc2c(-c3nc(CNC(=O)OC)cn3COCC[Si](C)(C)C)nn(COCC[Si](C)(C)C)c2c1. The molecule has 0 atom stereocenters. The number of alkyl carbamates (subject to hydrolysis) is 1. The highest BCUT2D eigenvalue weighted by molar-refractivity contribution is 6.76. The summed E-state index contributed by atoms with van der Waals surface area (Å²) in [5.74, 6) is 0.352. The third-order valence-corrected chi connectivity index (χ3v) is 14.1. The van der Waals surface area contributed by atoms with Crippen LogP contribution in [0.1, 0.15) is 18.2 Å². The van der Waals surface area contributed by atoms with Crippen LogP contribution >= 0.6 is 0 Å². The number of nitrogens with zero attached hydrogens (tertiary/aromatic N) is 4.